The highest BCUT2D eigenvalue weighted by Crippen LogP contribution is 2.25. The molecule has 24 heavy (non-hydrogen) atoms. The van der Waals surface area contributed by atoms with Gasteiger partial charge < -0.3 is 9.84 Å². The van der Waals surface area contributed by atoms with Crippen molar-refractivity contribution in [3.8, 4) is 0 Å². The maximum absolute atomic E-state index is 12.1. The lowest BCUT2D eigenvalue weighted by molar-refractivity contribution is -0.121. The van der Waals surface area contributed by atoms with Crippen molar-refractivity contribution in [3.63, 3.8) is 0 Å². The van der Waals surface area contributed by atoms with Crippen LogP contribution in [0.1, 0.15) is 40.8 Å². The summed E-state index contributed by atoms with van der Waals surface area (Å²) in [5.41, 5.74) is 3.38. The zero-order valence-corrected chi connectivity index (χ0v) is 15.4. The second kappa shape index (κ2) is 7.49. The SMILES string of the molecule is Cc1noc(C)c1CCC(=O)NC[C@@H](C)N1CCc2sccc2C1. The van der Waals surface area contributed by atoms with E-state index in [9.17, 15) is 4.79 Å². The van der Waals surface area contributed by atoms with Gasteiger partial charge >= 0.3 is 0 Å². The molecule has 0 aromatic carbocycles. The summed E-state index contributed by atoms with van der Waals surface area (Å²) in [6.07, 6.45) is 2.28. The number of aromatic nitrogens is 1. The van der Waals surface area contributed by atoms with E-state index in [1.807, 2.05) is 25.2 Å². The Balaban J connectivity index is 1.43. The number of carbonyl (C=O) groups excluding carboxylic acids is 1. The van der Waals surface area contributed by atoms with Crippen molar-refractivity contribution >= 4 is 17.2 Å². The van der Waals surface area contributed by atoms with Crippen LogP contribution in [0.2, 0.25) is 0 Å². The van der Waals surface area contributed by atoms with Crippen molar-refractivity contribution in [1.82, 2.24) is 15.4 Å². The number of fused-ring (bicyclic) bond motifs is 1. The summed E-state index contributed by atoms with van der Waals surface area (Å²) in [7, 11) is 0. The predicted molar refractivity (Wildman–Crippen MR) is 95.2 cm³/mol. The minimum absolute atomic E-state index is 0.0927. The molecule has 2 aromatic heterocycles. The zero-order valence-electron chi connectivity index (χ0n) is 14.6. The first-order valence-electron chi connectivity index (χ1n) is 8.52. The van der Waals surface area contributed by atoms with Gasteiger partial charge in [0.25, 0.3) is 0 Å². The molecule has 1 N–H and O–H groups in total. The molecule has 0 unspecified atom stereocenters. The fourth-order valence-corrected chi connectivity index (χ4v) is 4.11. The first-order valence-corrected chi connectivity index (χ1v) is 9.40. The number of aryl methyl sites for hydroxylation is 2. The van der Waals surface area contributed by atoms with Crippen molar-refractivity contribution in [2.24, 2.45) is 0 Å². The van der Waals surface area contributed by atoms with Crippen LogP contribution in [0.15, 0.2) is 16.0 Å². The molecule has 1 aliphatic rings. The van der Waals surface area contributed by atoms with Gasteiger partial charge in [0.05, 0.1) is 5.69 Å². The molecule has 0 saturated heterocycles. The molecule has 6 heteroatoms. The Bertz CT molecular complexity index is 687. The fourth-order valence-electron chi connectivity index (χ4n) is 3.22. The summed E-state index contributed by atoms with van der Waals surface area (Å²) >= 11 is 1.86. The van der Waals surface area contributed by atoms with Crippen molar-refractivity contribution < 1.29 is 9.32 Å². The molecule has 0 bridgehead atoms. The van der Waals surface area contributed by atoms with Crippen LogP contribution in [0, 0.1) is 13.8 Å². The Labute approximate surface area is 147 Å². The molecule has 0 aliphatic carbocycles. The molecule has 130 valence electrons. The topological polar surface area (TPSA) is 58.4 Å². The average molecular weight is 347 g/mol. The quantitative estimate of drug-likeness (QED) is 0.873. The first-order chi connectivity index (χ1) is 11.5. The Morgan fingerprint density at radius 1 is 1.50 bits per heavy atom. The standard InChI is InChI=1S/C18H25N3O2S/c1-12(21-8-6-17-15(11-21)7-9-24-17)10-19-18(22)5-4-16-13(2)20-23-14(16)3/h7,9,12H,4-6,8,10-11H2,1-3H3,(H,19,22)/t12-/m1/s1. The van der Waals surface area contributed by atoms with Crippen molar-refractivity contribution in [3.05, 3.63) is 38.9 Å². The van der Waals surface area contributed by atoms with E-state index < -0.39 is 0 Å². The van der Waals surface area contributed by atoms with Gasteiger partial charge in [0.2, 0.25) is 5.91 Å². The Morgan fingerprint density at radius 3 is 3.08 bits per heavy atom. The summed E-state index contributed by atoms with van der Waals surface area (Å²) in [4.78, 5) is 16.1. The predicted octanol–water partition coefficient (Wildman–Crippen LogP) is 2.85. The van der Waals surface area contributed by atoms with Gasteiger partial charge in [-0.25, -0.2) is 0 Å². The number of amides is 1. The first kappa shape index (κ1) is 17.2. The van der Waals surface area contributed by atoms with Gasteiger partial charge in [0.15, 0.2) is 0 Å². The van der Waals surface area contributed by atoms with Crippen LogP contribution in [0.3, 0.4) is 0 Å². The molecule has 2 aromatic rings. The minimum atomic E-state index is 0.0927. The van der Waals surface area contributed by atoms with Gasteiger partial charge in [-0.05, 0) is 50.6 Å². The third-order valence-electron chi connectivity index (χ3n) is 4.84. The number of rotatable bonds is 6. The van der Waals surface area contributed by atoms with Gasteiger partial charge in [0.1, 0.15) is 5.76 Å². The van der Waals surface area contributed by atoms with Gasteiger partial charge in [-0.1, -0.05) is 5.16 Å². The number of nitrogens with one attached hydrogen (secondary N) is 1. The van der Waals surface area contributed by atoms with Crippen LogP contribution in [-0.2, 0) is 24.2 Å². The molecular formula is C18H25N3O2S. The van der Waals surface area contributed by atoms with E-state index in [0.717, 1.165) is 36.5 Å². The number of nitrogens with zero attached hydrogens (tertiary/aromatic N) is 2. The zero-order chi connectivity index (χ0) is 17.1. The van der Waals surface area contributed by atoms with Crippen molar-refractivity contribution in [1.29, 1.82) is 0 Å². The van der Waals surface area contributed by atoms with Crippen LogP contribution in [0.5, 0.6) is 0 Å². The van der Waals surface area contributed by atoms with E-state index in [4.69, 9.17) is 4.52 Å². The summed E-state index contributed by atoms with van der Waals surface area (Å²) in [5, 5.41) is 9.18. The van der Waals surface area contributed by atoms with Crippen molar-refractivity contribution in [2.75, 3.05) is 13.1 Å². The molecule has 5 nitrogen and oxygen atoms in total. The summed E-state index contributed by atoms with van der Waals surface area (Å²) < 4.78 is 5.14. The molecule has 1 amide bonds. The van der Waals surface area contributed by atoms with E-state index in [1.54, 1.807) is 0 Å². The number of carbonyl (C=O) groups is 1. The molecule has 0 saturated carbocycles. The van der Waals surface area contributed by atoms with Crippen LogP contribution in [0.25, 0.3) is 0 Å². The van der Waals surface area contributed by atoms with E-state index in [0.29, 0.717) is 25.4 Å². The third-order valence-corrected chi connectivity index (χ3v) is 5.86. The second-order valence-corrected chi connectivity index (χ2v) is 7.55. The van der Waals surface area contributed by atoms with Crippen molar-refractivity contribution in [2.45, 2.75) is 52.6 Å². The second-order valence-electron chi connectivity index (χ2n) is 6.55. The molecular weight excluding hydrogens is 322 g/mol. The van der Waals surface area contributed by atoms with Gasteiger partial charge in [-0.2, -0.15) is 0 Å². The monoisotopic (exact) mass is 347 g/mol. The highest BCUT2D eigenvalue weighted by molar-refractivity contribution is 7.10. The van der Waals surface area contributed by atoms with E-state index in [-0.39, 0.29) is 5.91 Å². The van der Waals surface area contributed by atoms with E-state index >= 15 is 0 Å². The molecule has 1 aliphatic heterocycles. The molecule has 0 radical (unpaired) electrons. The highest BCUT2D eigenvalue weighted by atomic mass is 32.1. The summed E-state index contributed by atoms with van der Waals surface area (Å²) in [6.45, 7) is 8.76. The van der Waals surface area contributed by atoms with Gasteiger partial charge in [-0.3, -0.25) is 9.69 Å². The van der Waals surface area contributed by atoms with Gasteiger partial charge in [-0.15, -0.1) is 11.3 Å². The maximum Gasteiger partial charge on any atom is 0.220 e. The Morgan fingerprint density at radius 2 is 2.33 bits per heavy atom. The maximum atomic E-state index is 12.1. The number of hydrogen-bond donors (Lipinski definition) is 1. The third kappa shape index (κ3) is 3.87. The Hall–Kier alpha value is -1.66. The molecule has 0 spiro atoms. The fraction of sp³-hybridized carbons (Fsp3) is 0.556. The molecule has 0 fully saturated rings. The van der Waals surface area contributed by atoms with Crippen LogP contribution < -0.4 is 5.32 Å². The highest BCUT2D eigenvalue weighted by Gasteiger charge is 2.21. The average Bonchev–Trinajstić information content (AvgIpc) is 3.17. The summed E-state index contributed by atoms with van der Waals surface area (Å²) in [5.74, 6) is 0.906. The number of hydrogen-bond acceptors (Lipinski definition) is 5. The van der Waals surface area contributed by atoms with Crippen LogP contribution in [-0.4, -0.2) is 35.1 Å². The minimum Gasteiger partial charge on any atom is -0.361 e. The van der Waals surface area contributed by atoms with Crippen LogP contribution in [0.4, 0.5) is 0 Å². The van der Waals surface area contributed by atoms with Gasteiger partial charge in [0, 0.05) is 42.5 Å². The lowest BCUT2D eigenvalue weighted by atomic mass is 10.1. The van der Waals surface area contributed by atoms with E-state index in [2.05, 4.69) is 33.7 Å². The van der Waals surface area contributed by atoms with Crippen LogP contribution >= 0.6 is 11.3 Å². The van der Waals surface area contributed by atoms with E-state index in [1.165, 1.54) is 10.4 Å². The largest absolute Gasteiger partial charge is 0.361 e. The normalized spacial score (nSPS) is 16.0. The molecule has 3 heterocycles. The molecule has 3 rings (SSSR count). The lowest BCUT2D eigenvalue weighted by Gasteiger charge is -2.32. The number of thiophene rings is 1. The lowest BCUT2D eigenvalue weighted by Crippen LogP contribution is -2.44. The molecule has 1 atom stereocenters. The Kier molecular flexibility index (Phi) is 5.36. The summed E-state index contributed by atoms with van der Waals surface area (Å²) in [6, 6.07) is 2.57. The smallest absolute Gasteiger partial charge is 0.220 e.